The van der Waals surface area contributed by atoms with Crippen molar-refractivity contribution < 1.29 is 9.53 Å². The molecule has 0 fully saturated rings. The van der Waals surface area contributed by atoms with Crippen LogP contribution in [0.5, 0.6) is 0 Å². The highest BCUT2D eigenvalue weighted by molar-refractivity contribution is 6.03. The zero-order chi connectivity index (χ0) is 14.8. The van der Waals surface area contributed by atoms with Gasteiger partial charge in [0.2, 0.25) is 0 Å². The summed E-state index contributed by atoms with van der Waals surface area (Å²) in [6.45, 7) is 0. The molecule has 0 radical (unpaired) electrons. The summed E-state index contributed by atoms with van der Waals surface area (Å²) in [5.41, 5.74) is 9.23. The molecule has 0 atom stereocenters. The summed E-state index contributed by atoms with van der Waals surface area (Å²) < 4.78 is 4.70. The van der Waals surface area contributed by atoms with Gasteiger partial charge in [0.15, 0.2) is 0 Å². The Bertz CT molecular complexity index is 805. The minimum absolute atomic E-state index is 0.344. The number of ether oxygens (including phenoxy) is 1. The predicted octanol–water partition coefficient (Wildman–Crippen LogP) is 3.27. The lowest BCUT2D eigenvalue weighted by Crippen LogP contribution is -2.00. The summed E-state index contributed by atoms with van der Waals surface area (Å²) >= 11 is 0. The van der Waals surface area contributed by atoms with Crippen LogP contribution >= 0.6 is 0 Å². The number of hydrogen-bond acceptors (Lipinski definition) is 4. The number of nitrogen functional groups attached to an aromatic ring is 1. The number of carbonyl (C=O) groups is 1. The van der Waals surface area contributed by atoms with E-state index in [-0.39, 0.29) is 5.97 Å². The molecule has 2 aromatic carbocycles. The lowest BCUT2D eigenvalue weighted by molar-refractivity contribution is 0.0601. The Labute approximate surface area is 122 Å². The first-order chi connectivity index (χ1) is 10.2. The van der Waals surface area contributed by atoms with E-state index in [1.165, 1.54) is 7.11 Å². The van der Waals surface area contributed by atoms with Crippen LogP contribution in [0, 0.1) is 0 Å². The summed E-state index contributed by atoms with van der Waals surface area (Å²) in [5, 5.41) is 1.96. The molecule has 104 valence electrons. The van der Waals surface area contributed by atoms with Crippen molar-refractivity contribution >= 4 is 22.4 Å². The van der Waals surface area contributed by atoms with E-state index in [0.29, 0.717) is 11.3 Å². The first-order valence-corrected chi connectivity index (χ1v) is 6.51. The van der Waals surface area contributed by atoms with E-state index in [1.54, 1.807) is 24.5 Å². The van der Waals surface area contributed by atoms with Gasteiger partial charge in [-0.1, -0.05) is 30.3 Å². The smallest absolute Gasteiger partial charge is 0.337 e. The van der Waals surface area contributed by atoms with Crippen molar-refractivity contribution in [3.8, 4) is 11.1 Å². The van der Waals surface area contributed by atoms with Crippen molar-refractivity contribution in [1.29, 1.82) is 0 Å². The van der Waals surface area contributed by atoms with Crippen molar-refractivity contribution in [2.24, 2.45) is 0 Å². The molecule has 3 aromatic rings. The van der Waals surface area contributed by atoms with Gasteiger partial charge >= 0.3 is 5.97 Å². The van der Waals surface area contributed by atoms with E-state index in [1.807, 2.05) is 30.3 Å². The Morgan fingerprint density at radius 1 is 1.10 bits per heavy atom. The normalized spacial score (nSPS) is 10.5. The molecule has 1 aromatic heterocycles. The largest absolute Gasteiger partial charge is 0.465 e. The number of anilines is 1. The minimum Gasteiger partial charge on any atom is -0.465 e. The number of nitrogens with zero attached hydrogens (tertiary/aromatic N) is 1. The van der Waals surface area contributed by atoms with Gasteiger partial charge in [-0.05, 0) is 23.3 Å². The van der Waals surface area contributed by atoms with Crippen LogP contribution in [0.25, 0.3) is 21.9 Å². The fraction of sp³-hybridized carbons (Fsp3) is 0.0588. The van der Waals surface area contributed by atoms with Gasteiger partial charge in [0.1, 0.15) is 0 Å². The summed E-state index contributed by atoms with van der Waals surface area (Å²) in [5.74, 6) is -0.344. The number of methoxy groups -OCH3 is 1. The Morgan fingerprint density at radius 2 is 1.86 bits per heavy atom. The first kappa shape index (κ1) is 13.1. The van der Waals surface area contributed by atoms with Crippen LogP contribution in [-0.4, -0.2) is 18.1 Å². The first-order valence-electron chi connectivity index (χ1n) is 6.51. The molecule has 0 aliphatic rings. The molecule has 0 aliphatic heterocycles. The van der Waals surface area contributed by atoms with Crippen LogP contribution < -0.4 is 5.73 Å². The van der Waals surface area contributed by atoms with Crippen molar-refractivity contribution in [3.05, 3.63) is 60.4 Å². The van der Waals surface area contributed by atoms with E-state index >= 15 is 0 Å². The predicted molar refractivity (Wildman–Crippen MR) is 82.9 cm³/mol. The molecule has 2 N–H and O–H groups in total. The van der Waals surface area contributed by atoms with Gasteiger partial charge in [0.25, 0.3) is 0 Å². The number of aromatic nitrogens is 1. The molecule has 0 saturated carbocycles. The monoisotopic (exact) mass is 278 g/mol. The molecule has 4 heteroatoms. The van der Waals surface area contributed by atoms with Crippen LogP contribution in [0.1, 0.15) is 10.4 Å². The summed E-state index contributed by atoms with van der Waals surface area (Å²) in [4.78, 5) is 15.6. The van der Waals surface area contributed by atoms with Gasteiger partial charge in [-0.2, -0.15) is 0 Å². The fourth-order valence-electron chi connectivity index (χ4n) is 2.41. The molecular weight excluding hydrogens is 264 g/mol. The number of hydrogen-bond donors (Lipinski definition) is 1. The second-order valence-electron chi connectivity index (χ2n) is 4.70. The van der Waals surface area contributed by atoms with Crippen LogP contribution in [0.3, 0.4) is 0 Å². The molecule has 0 bridgehead atoms. The molecule has 0 amide bonds. The van der Waals surface area contributed by atoms with Gasteiger partial charge in [-0.3, -0.25) is 4.98 Å². The van der Waals surface area contributed by atoms with Gasteiger partial charge in [0, 0.05) is 17.0 Å². The minimum atomic E-state index is -0.344. The molecule has 0 unspecified atom stereocenters. The highest BCUT2D eigenvalue weighted by atomic mass is 16.5. The Balaban J connectivity index is 2.15. The zero-order valence-corrected chi connectivity index (χ0v) is 11.5. The average Bonchev–Trinajstić information content (AvgIpc) is 2.54. The van der Waals surface area contributed by atoms with Gasteiger partial charge < -0.3 is 10.5 Å². The molecule has 0 aliphatic carbocycles. The highest BCUT2D eigenvalue weighted by Crippen LogP contribution is 2.32. The number of benzene rings is 2. The molecule has 0 saturated heterocycles. The van der Waals surface area contributed by atoms with E-state index in [4.69, 9.17) is 10.5 Å². The van der Waals surface area contributed by atoms with Crippen LogP contribution in [0.4, 0.5) is 5.69 Å². The standard InChI is InChI=1S/C17H14N2O2/c1-21-17(20)12-7-5-11(6-8-12)14-4-2-3-13-9-19-10-15(18)16(13)14/h2-10H,18H2,1H3. The molecule has 21 heavy (non-hydrogen) atoms. The topological polar surface area (TPSA) is 65.2 Å². The number of esters is 1. The summed E-state index contributed by atoms with van der Waals surface area (Å²) in [6, 6.07) is 13.2. The van der Waals surface area contributed by atoms with E-state index < -0.39 is 0 Å². The third-order valence-electron chi connectivity index (χ3n) is 3.43. The second kappa shape index (κ2) is 5.25. The third kappa shape index (κ3) is 2.31. The molecule has 3 rings (SSSR count). The number of fused-ring (bicyclic) bond motifs is 1. The van der Waals surface area contributed by atoms with E-state index in [0.717, 1.165) is 21.9 Å². The van der Waals surface area contributed by atoms with Crippen molar-refractivity contribution in [2.75, 3.05) is 12.8 Å². The maximum Gasteiger partial charge on any atom is 0.337 e. The third-order valence-corrected chi connectivity index (χ3v) is 3.43. The fourth-order valence-corrected chi connectivity index (χ4v) is 2.41. The number of pyridine rings is 1. The van der Waals surface area contributed by atoms with Gasteiger partial charge in [0.05, 0.1) is 24.6 Å². The molecular formula is C17H14N2O2. The zero-order valence-electron chi connectivity index (χ0n) is 11.5. The average molecular weight is 278 g/mol. The van der Waals surface area contributed by atoms with Crippen molar-refractivity contribution in [2.45, 2.75) is 0 Å². The van der Waals surface area contributed by atoms with Crippen LogP contribution in [0.15, 0.2) is 54.9 Å². The number of nitrogens with two attached hydrogens (primary N) is 1. The van der Waals surface area contributed by atoms with Crippen LogP contribution in [-0.2, 0) is 4.74 Å². The molecule has 1 heterocycles. The van der Waals surface area contributed by atoms with Crippen molar-refractivity contribution in [1.82, 2.24) is 4.98 Å². The number of carbonyl (C=O) groups excluding carboxylic acids is 1. The quantitative estimate of drug-likeness (QED) is 0.731. The molecule has 4 nitrogen and oxygen atoms in total. The lowest BCUT2D eigenvalue weighted by Gasteiger charge is -2.09. The maximum absolute atomic E-state index is 11.5. The van der Waals surface area contributed by atoms with Crippen molar-refractivity contribution in [3.63, 3.8) is 0 Å². The maximum atomic E-state index is 11.5. The number of rotatable bonds is 2. The van der Waals surface area contributed by atoms with Gasteiger partial charge in [-0.15, -0.1) is 0 Å². The Hall–Kier alpha value is -2.88. The summed E-state index contributed by atoms with van der Waals surface area (Å²) in [6.07, 6.45) is 3.44. The van der Waals surface area contributed by atoms with E-state index in [2.05, 4.69) is 4.98 Å². The van der Waals surface area contributed by atoms with Crippen LogP contribution in [0.2, 0.25) is 0 Å². The Morgan fingerprint density at radius 3 is 2.57 bits per heavy atom. The molecule has 0 spiro atoms. The Kier molecular flexibility index (Phi) is 3.28. The lowest BCUT2D eigenvalue weighted by atomic mass is 9.97. The van der Waals surface area contributed by atoms with E-state index in [9.17, 15) is 4.79 Å². The summed E-state index contributed by atoms with van der Waals surface area (Å²) in [7, 11) is 1.37. The SMILES string of the molecule is COC(=O)c1ccc(-c2cccc3cncc(N)c23)cc1. The second-order valence-corrected chi connectivity index (χ2v) is 4.70. The van der Waals surface area contributed by atoms with Gasteiger partial charge in [-0.25, -0.2) is 4.79 Å². The highest BCUT2D eigenvalue weighted by Gasteiger charge is 2.09.